The second-order valence-corrected chi connectivity index (χ2v) is 33.6. The van der Waals surface area contributed by atoms with Crippen LogP contribution >= 0.6 is 0 Å². The zero-order valence-corrected chi connectivity index (χ0v) is 74.5. The van der Waals surface area contributed by atoms with Gasteiger partial charge in [-0.2, -0.15) is 0 Å². The number of rotatable bonds is 17. The van der Waals surface area contributed by atoms with E-state index in [-0.39, 0.29) is 46.4 Å². The molecule has 0 atom stereocenters. The number of likely N-dealkylation sites (N-methyl/N-ethyl adjacent to an activating group) is 2. The normalized spacial score (nSPS) is 10.6. The maximum Gasteiger partial charge on any atom is 0.255 e. The molecule has 119 heavy (non-hydrogen) atoms. The van der Waals surface area contributed by atoms with Crippen LogP contribution < -0.4 is 45.2 Å². The number of nitrogens with two attached hydrogens (primary N) is 2. The summed E-state index contributed by atoms with van der Waals surface area (Å²) < 4.78 is 32.1. The van der Waals surface area contributed by atoms with Gasteiger partial charge in [0, 0.05) is 115 Å². The Morgan fingerprint density at radius 1 is 0.361 bits per heavy atom. The first kappa shape index (κ1) is 103. The SMILES string of the molecule is CC(=O)c1cccc(C#CC(=O)C(C)(C)C)c1.CC(C)(C)C(=O)C#Cc1cccc(NC(=O)c2ccc(N)cc2)c1.CN(C)CCOc1cccc(C#CC(=O)C(C)(C)C)c1.CN(CCN)CCOc1cccc(C#CC(=O)C(C)(C)C)c1.COc1cc(C#CC(=O)C(C)(C)C)cc(OC)c1OC.COc1cccc(C#CC(=O)C(C)(C)C)c1. The minimum Gasteiger partial charge on any atom is -0.497 e. The Labute approximate surface area is 708 Å². The summed E-state index contributed by atoms with van der Waals surface area (Å²) in [5, 5.41) is 2.80. The van der Waals surface area contributed by atoms with Gasteiger partial charge < -0.3 is 55.0 Å². The number of hydrogen-bond donors (Lipinski definition) is 3. The fraction of sp³-hybridized carbons (Fsp3) is 0.380. The molecule has 0 saturated heterocycles. The fourth-order valence-corrected chi connectivity index (χ4v) is 8.41. The highest BCUT2D eigenvalue weighted by Crippen LogP contribution is 2.38. The smallest absolute Gasteiger partial charge is 0.255 e. The molecule has 0 radical (unpaired) electrons. The van der Waals surface area contributed by atoms with Crippen LogP contribution in [-0.2, 0) is 28.8 Å². The van der Waals surface area contributed by atoms with E-state index in [0.29, 0.717) is 76.2 Å². The summed E-state index contributed by atoms with van der Waals surface area (Å²) in [6.45, 7) is 39.1. The molecule has 0 aliphatic rings. The Balaban J connectivity index is 0.000000486. The number of methoxy groups -OCH3 is 4. The number of hydrogen-bond acceptors (Lipinski definition) is 18. The van der Waals surface area contributed by atoms with Gasteiger partial charge in [0.15, 0.2) is 17.3 Å². The summed E-state index contributed by atoms with van der Waals surface area (Å²) in [5.74, 6) is 36.1. The monoisotopic (exact) mass is 1620 g/mol. The number of nitrogen functional groups attached to an aromatic ring is 1. The molecule has 0 saturated carbocycles. The molecule has 0 spiro atoms. The first-order valence-electron chi connectivity index (χ1n) is 38.6. The number of carbonyl (C=O) groups is 8. The van der Waals surface area contributed by atoms with Crippen molar-refractivity contribution >= 4 is 57.8 Å². The van der Waals surface area contributed by atoms with Gasteiger partial charge >= 0.3 is 0 Å². The van der Waals surface area contributed by atoms with E-state index in [1.165, 1.54) is 28.3 Å². The third-order valence-electron chi connectivity index (χ3n) is 16.0. The highest BCUT2D eigenvalue weighted by atomic mass is 16.5. The lowest BCUT2D eigenvalue weighted by Gasteiger charge is -2.15. The van der Waals surface area contributed by atoms with Crippen molar-refractivity contribution < 1.29 is 66.8 Å². The molecular formula is C100H121N5O14. The van der Waals surface area contributed by atoms with E-state index in [9.17, 15) is 38.4 Å². The quantitative estimate of drug-likeness (QED) is 0.0435. The number of Topliss-reactive ketones (excluding diaryl/α,β-unsaturated/α-hetero) is 7. The van der Waals surface area contributed by atoms with Crippen LogP contribution in [0.15, 0.2) is 158 Å². The summed E-state index contributed by atoms with van der Waals surface area (Å²) in [4.78, 5) is 98.0. The van der Waals surface area contributed by atoms with Crippen molar-refractivity contribution in [1.29, 1.82) is 0 Å². The molecule has 0 fully saturated rings. The molecule has 7 rings (SSSR count). The van der Waals surface area contributed by atoms with Gasteiger partial charge in [0.2, 0.25) is 40.4 Å². The number of carbonyl (C=O) groups excluding carboxylic acids is 8. The summed E-state index contributed by atoms with van der Waals surface area (Å²) in [7, 11) is 12.2. The number of amides is 1. The average Bonchev–Trinajstić information content (AvgIpc) is 0.825. The van der Waals surface area contributed by atoms with Crippen molar-refractivity contribution in [3.05, 3.63) is 202 Å². The molecule has 630 valence electrons. The van der Waals surface area contributed by atoms with Crippen molar-refractivity contribution in [3.8, 4) is 106 Å². The van der Waals surface area contributed by atoms with E-state index in [1.54, 1.807) is 92.0 Å². The van der Waals surface area contributed by atoms with Gasteiger partial charge in [-0.15, -0.1) is 0 Å². The molecule has 19 heteroatoms. The molecule has 7 aromatic rings. The van der Waals surface area contributed by atoms with E-state index in [0.717, 1.165) is 53.6 Å². The third kappa shape index (κ3) is 41.8. The van der Waals surface area contributed by atoms with Crippen LogP contribution in [0.4, 0.5) is 11.4 Å². The van der Waals surface area contributed by atoms with Crippen LogP contribution in [0.25, 0.3) is 0 Å². The molecule has 0 aliphatic heterocycles. The van der Waals surface area contributed by atoms with Crippen molar-refractivity contribution in [1.82, 2.24) is 9.80 Å². The number of benzene rings is 7. The lowest BCUT2D eigenvalue weighted by molar-refractivity contribution is -0.121. The predicted octanol–water partition coefficient (Wildman–Crippen LogP) is 16.2. The van der Waals surface area contributed by atoms with Gasteiger partial charge in [0.25, 0.3) is 5.91 Å². The average molecular weight is 1620 g/mol. The highest BCUT2D eigenvalue weighted by molar-refractivity contribution is 6.05. The van der Waals surface area contributed by atoms with E-state index in [1.807, 2.05) is 219 Å². The predicted molar refractivity (Wildman–Crippen MR) is 478 cm³/mol. The van der Waals surface area contributed by atoms with Gasteiger partial charge in [0.05, 0.1) is 28.4 Å². The second kappa shape index (κ2) is 49.6. The standard InChI is InChI=1S/C20H20N2O2.C18H26N2O2.C17H23NO2.C16H20O4.C15H16O2.C14H16O2/c1-20(2,3)18(23)12-7-14-5-4-6-17(13-14)22-19(24)15-8-10-16(21)11-9-15;1-18(2,3)17(21)9-8-15-6-5-7-16(14-15)22-13-12-20(4)11-10-19;1-17(2,3)16(19)10-9-14-7-6-8-15(13-14)20-12-11-18(4)5;1-16(2,3)14(17)8-7-11-9-12(18-4)15(20-6)13(10-11)19-5;1-11(16)13-7-5-6-12(10-13)8-9-14(17)15(2,3)4;1-14(2,3)13(15)9-8-11-6-5-7-12(10-11)16-4/h4-6,8-11,13H,21H2,1-3H3,(H,22,24);5-7,14H,10-13,19H2,1-4H3;6-8,13H,11-12H2,1-5H3;9-10H,1-6H3;5-7,10H,1-4H3;5-7,10H,1-4H3. The van der Waals surface area contributed by atoms with E-state index < -0.39 is 32.5 Å². The minimum atomic E-state index is -0.492. The number of ether oxygens (including phenoxy) is 6. The summed E-state index contributed by atoms with van der Waals surface area (Å²) in [6.07, 6.45) is 0. The van der Waals surface area contributed by atoms with E-state index in [2.05, 4.69) is 86.2 Å². The lowest BCUT2D eigenvalue weighted by atomic mass is 9.91. The fourth-order valence-electron chi connectivity index (χ4n) is 8.41. The third-order valence-corrected chi connectivity index (χ3v) is 16.0. The maximum atomic E-state index is 12.2. The first-order chi connectivity index (χ1) is 55.4. The second-order valence-electron chi connectivity index (χ2n) is 33.6. The Bertz CT molecular complexity index is 4990. The molecule has 0 aromatic heterocycles. The van der Waals surface area contributed by atoms with Gasteiger partial charge in [-0.25, -0.2) is 0 Å². The molecule has 19 nitrogen and oxygen atoms in total. The molecule has 0 bridgehead atoms. The Morgan fingerprint density at radius 3 is 1.03 bits per heavy atom. The molecule has 7 aromatic carbocycles. The molecule has 0 unspecified atom stereocenters. The Kier molecular flexibility index (Phi) is 42.7. The van der Waals surface area contributed by atoms with E-state index in [4.69, 9.17) is 39.9 Å². The Hall–Kier alpha value is -12.5. The zero-order chi connectivity index (χ0) is 90.1. The topological polar surface area (TPSA) is 262 Å². The lowest BCUT2D eigenvalue weighted by Crippen LogP contribution is -2.29. The largest absolute Gasteiger partial charge is 0.497 e. The molecule has 0 aliphatic carbocycles. The van der Waals surface area contributed by atoms with Gasteiger partial charge in [-0.05, 0) is 185 Å². The number of nitrogens with zero attached hydrogens (tertiary/aromatic N) is 2. The zero-order valence-electron chi connectivity index (χ0n) is 74.5. The number of ketones is 7. The van der Waals surface area contributed by atoms with Crippen LogP contribution in [0.3, 0.4) is 0 Å². The molecule has 0 heterocycles. The van der Waals surface area contributed by atoms with Crippen LogP contribution in [0.2, 0.25) is 0 Å². The number of anilines is 2. The summed E-state index contributed by atoms with van der Waals surface area (Å²) >= 11 is 0. The van der Waals surface area contributed by atoms with Gasteiger partial charge in [-0.1, -0.05) is 197 Å². The maximum absolute atomic E-state index is 12.2. The first-order valence-corrected chi connectivity index (χ1v) is 38.6. The van der Waals surface area contributed by atoms with Crippen molar-refractivity contribution in [2.75, 3.05) is 100 Å². The number of nitrogens with one attached hydrogen (secondary N) is 1. The minimum absolute atomic E-state index is 0.00389. The Morgan fingerprint density at radius 2 is 0.689 bits per heavy atom. The molecule has 5 N–H and O–H groups in total. The highest BCUT2D eigenvalue weighted by Gasteiger charge is 2.24. The van der Waals surface area contributed by atoms with Crippen LogP contribution in [0.1, 0.15) is 186 Å². The van der Waals surface area contributed by atoms with Crippen molar-refractivity contribution in [2.24, 2.45) is 38.2 Å². The summed E-state index contributed by atoms with van der Waals surface area (Å²) in [6, 6.07) is 46.5. The van der Waals surface area contributed by atoms with E-state index >= 15 is 0 Å². The van der Waals surface area contributed by atoms with Crippen molar-refractivity contribution in [3.63, 3.8) is 0 Å². The summed E-state index contributed by atoms with van der Waals surface area (Å²) in [5.41, 5.74) is 15.1. The molecular weight excluding hydrogens is 1500 g/mol. The van der Waals surface area contributed by atoms with Crippen molar-refractivity contribution in [2.45, 2.75) is 132 Å². The van der Waals surface area contributed by atoms with Crippen LogP contribution in [0, 0.1) is 104 Å². The van der Waals surface area contributed by atoms with Gasteiger partial charge in [0.1, 0.15) is 30.5 Å². The van der Waals surface area contributed by atoms with Crippen LogP contribution in [0.5, 0.6) is 34.5 Å². The van der Waals surface area contributed by atoms with Crippen LogP contribution in [-0.4, -0.2) is 145 Å². The molecule has 1 amide bonds. The van der Waals surface area contributed by atoms with Gasteiger partial charge in [-0.3, -0.25) is 38.4 Å².